The van der Waals surface area contributed by atoms with Crippen LogP contribution in [0.2, 0.25) is 5.02 Å². The molecule has 9 nitrogen and oxygen atoms in total. The fourth-order valence-electron chi connectivity index (χ4n) is 4.15. The molecule has 2 aromatic heterocycles. The van der Waals surface area contributed by atoms with Crippen molar-refractivity contribution in [2.75, 3.05) is 0 Å². The van der Waals surface area contributed by atoms with E-state index in [2.05, 4.69) is 9.71 Å². The molecule has 0 aliphatic heterocycles. The quantitative estimate of drug-likeness (QED) is 0.556. The fourth-order valence-corrected chi connectivity index (χ4v) is 5.99. The maximum atomic E-state index is 13.2. The zero-order chi connectivity index (χ0) is 23.0. The first-order valence-corrected chi connectivity index (χ1v) is 11.8. The summed E-state index contributed by atoms with van der Waals surface area (Å²) in [6, 6.07) is 5.75. The van der Waals surface area contributed by atoms with Crippen LogP contribution in [0.5, 0.6) is 0 Å². The number of sulfonamides is 1. The minimum Gasteiger partial charge on any atom is -0.480 e. The molecule has 0 atom stereocenters. The summed E-state index contributed by atoms with van der Waals surface area (Å²) in [7, 11) is -3.94. The SMILES string of the molecule is O=C(O)Cn1c(=O)n(C2CCC(NS(=O)(=O)c3ccc(F)cc3Cl)CC2)c2ncccc21. The van der Waals surface area contributed by atoms with Crippen molar-refractivity contribution >= 4 is 38.8 Å². The molecule has 0 amide bonds. The van der Waals surface area contributed by atoms with Crippen LogP contribution in [-0.2, 0) is 21.4 Å². The molecule has 2 heterocycles. The maximum Gasteiger partial charge on any atom is 0.331 e. The molecule has 1 saturated carbocycles. The molecule has 0 spiro atoms. The standard InChI is InChI=1S/C20H20ClFN4O5S/c21-15-10-12(22)3-8-17(15)32(30,31)24-13-4-6-14(7-5-13)26-19-16(2-1-9-23-19)25(20(26)29)11-18(27)28/h1-3,8-10,13-14,24H,4-7,11H2,(H,27,28). The van der Waals surface area contributed by atoms with Gasteiger partial charge in [0.05, 0.1) is 10.5 Å². The normalized spacial score (nSPS) is 19.3. The summed E-state index contributed by atoms with van der Waals surface area (Å²) in [4.78, 5) is 28.2. The summed E-state index contributed by atoms with van der Waals surface area (Å²) in [6.45, 7) is -0.471. The van der Waals surface area contributed by atoms with Crippen molar-refractivity contribution in [3.8, 4) is 0 Å². The molecule has 0 radical (unpaired) electrons. The van der Waals surface area contributed by atoms with Crippen molar-refractivity contribution < 1.29 is 22.7 Å². The van der Waals surface area contributed by atoms with Crippen molar-refractivity contribution in [1.82, 2.24) is 18.8 Å². The second kappa shape index (κ2) is 8.64. The Balaban J connectivity index is 1.53. The van der Waals surface area contributed by atoms with Crippen LogP contribution in [0.3, 0.4) is 0 Å². The number of aliphatic carboxylic acids is 1. The molecule has 0 bridgehead atoms. The Hall–Kier alpha value is -2.76. The van der Waals surface area contributed by atoms with Gasteiger partial charge in [0.15, 0.2) is 5.65 Å². The van der Waals surface area contributed by atoms with E-state index in [1.807, 2.05) is 0 Å². The highest BCUT2D eigenvalue weighted by Crippen LogP contribution is 2.31. The highest BCUT2D eigenvalue weighted by molar-refractivity contribution is 7.89. The van der Waals surface area contributed by atoms with Crippen LogP contribution in [0.15, 0.2) is 46.2 Å². The molecule has 1 fully saturated rings. The molecule has 170 valence electrons. The Bertz CT molecular complexity index is 1350. The number of hydrogen-bond donors (Lipinski definition) is 2. The Morgan fingerprint density at radius 1 is 1.25 bits per heavy atom. The Labute approximate surface area is 187 Å². The summed E-state index contributed by atoms with van der Waals surface area (Å²) in [5, 5.41) is 8.96. The topological polar surface area (TPSA) is 123 Å². The number of pyridine rings is 1. The van der Waals surface area contributed by atoms with Crippen LogP contribution in [0, 0.1) is 5.82 Å². The van der Waals surface area contributed by atoms with Gasteiger partial charge in [0.25, 0.3) is 0 Å². The van der Waals surface area contributed by atoms with Crippen LogP contribution in [0.1, 0.15) is 31.7 Å². The molecular formula is C20H20ClFN4O5S. The van der Waals surface area contributed by atoms with Gasteiger partial charge in [-0.2, -0.15) is 0 Å². The average molecular weight is 483 g/mol. The van der Waals surface area contributed by atoms with Gasteiger partial charge in [0, 0.05) is 18.3 Å². The lowest BCUT2D eigenvalue weighted by molar-refractivity contribution is -0.137. The van der Waals surface area contributed by atoms with Crippen LogP contribution in [-0.4, -0.2) is 39.7 Å². The van der Waals surface area contributed by atoms with E-state index in [1.165, 1.54) is 15.3 Å². The summed E-state index contributed by atoms with van der Waals surface area (Å²) in [5.41, 5.74) is 0.387. The third kappa shape index (κ3) is 4.27. The van der Waals surface area contributed by atoms with Gasteiger partial charge in [0.1, 0.15) is 17.3 Å². The van der Waals surface area contributed by atoms with Crippen LogP contribution < -0.4 is 10.4 Å². The number of carboxylic acids is 1. The van der Waals surface area contributed by atoms with Gasteiger partial charge in [-0.3, -0.25) is 13.9 Å². The number of nitrogens with one attached hydrogen (secondary N) is 1. The molecule has 4 rings (SSSR count). The molecule has 0 unspecified atom stereocenters. The fraction of sp³-hybridized carbons (Fsp3) is 0.350. The smallest absolute Gasteiger partial charge is 0.331 e. The predicted molar refractivity (Wildman–Crippen MR) is 115 cm³/mol. The first-order valence-electron chi connectivity index (χ1n) is 9.92. The molecule has 32 heavy (non-hydrogen) atoms. The number of aromatic nitrogens is 3. The number of benzene rings is 1. The van der Waals surface area contributed by atoms with Gasteiger partial charge in [-0.05, 0) is 56.0 Å². The van der Waals surface area contributed by atoms with Crippen molar-refractivity contribution in [1.29, 1.82) is 0 Å². The summed E-state index contributed by atoms with van der Waals surface area (Å²) < 4.78 is 43.9. The number of imidazole rings is 1. The number of carbonyl (C=O) groups is 1. The van der Waals surface area contributed by atoms with Gasteiger partial charge in [-0.25, -0.2) is 27.3 Å². The molecular weight excluding hydrogens is 463 g/mol. The summed E-state index contributed by atoms with van der Waals surface area (Å²) in [5.74, 6) is -1.76. The van der Waals surface area contributed by atoms with Crippen LogP contribution in [0.25, 0.3) is 11.2 Å². The summed E-state index contributed by atoms with van der Waals surface area (Å²) in [6.07, 6.45) is 3.43. The van der Waals surface area contributed by atoms with E-state index >= 15 is 0 Å². The lowest BCUT2D eigenvalue weighted by atomic mass is 9.91. The van der Waals surface area contributed by atoms with Gasteiger partial charge in [-0.1, -0.05) is 11.6 Å². The summed E-state index contributed by atoms with van der Waals surface area (Å²) >= 11 is 5.90. The van der Waals surface area contributed by atoms with Gasteiger partial charge < -0.3 is 5.11 Å². The maximum absolute atomic E-state index is 13.2. The molecule has 0 saturated heterocycles. The van der Waals surface area contributed by atoms with Crippen molar-refractivity contribution in [2.45, 2.75) is 49.2 Å². The molecule has 1 aliphatic carbocycles. The molecule has 1 aliphatic rings. The number of carboxylic acid groups (broad SMARTS) is 1. The molecule has 12 heteroatoms. The first kappa shape index (κ1) is 22.4. The number of hydrogen-bond acceptors (Lipinski definition) is 5. The highest BCUT2D eigenvalue weighted by Gasteiger charge is 2.30. The van der Waals surface area contributed by atoms with E-state index in [9.17, 15) is 22.4 Å². The minimum atomic E-state index is -3.94. The lowest BCUT2D eigenvalue weighted by Crippen LogP contribution is -2.39. The third-order valence-electron chi connectivity index (χ3n) is 5.58. The average Bonchev–Trinajstić information content (AvgIpc) is 2.99. The zero-order valence-electron chi connectivity index (χ0n) is 16.7. The second-order valence-corrected chi connectivity index (χ2v) is 9.77. The van der Waals surface area contributed by atoms with Crippen LogP contribution in [0.4, 0.5) is 4.39 Å². The largest absolute Gasteiger partial charge is 0.480 e. The zero-order valence-corrected chi connectivity index (χ0v) is 18.3. The van der Waals surface area contributed by atoms with E-state index in [0.717, 1.165) is 18.2 Å². The minimum absolute atomic E-state index is 0.195. The molecule has 3 aromatic rings. The number of fused-ring (bicyclic) bond motifs is 1. The van der Waals surface area contributed by atoms with Crippen molar-refractivity contribution in [2.24, 2.45) is 0 Å². The van der Waals surface area contributed by atoms with E-state index in [4.69, 9.17) is 16.7 Å². The Kier molecular flexibility index (Phi) is 6.06. The Morgan fingerprint density at radius 2 is 1.97 bits per heavy atom. The number of rotatable bonds is 6. The lowest BCUT2D eigenvalue weighted by Gasteiger charge is -2.29. The van der Waals surface area contributed by atoms with Gasteiger partial charge >= 0.3 is 11.7 Å². The van der Waals surface area contributed by atoms with E-state index in [0.29, 0.717) is 36.8 Å². The Morgan fingerprint density at radius 3 is 2.62 bits per heavy atom. The molecule has 1 aromatic carbocycles. The second-order valence-electron chi connectivity index (χ2n) is 7.68. The van der Waals surface area contributed by atoms with Crippen molar-refractivity contribution in [3.63, 3.8) is 0 Å². The third-order valence-corrected chi connectivity index (χ3v) is 7.59. The highest BCUT2D eigenvalue weighted by atomic mass is 35.5. The predicted octanol–water partition coefficient (Wildman–Crippen LogP) is 2.54. The van der Waals surface area contributed by atoms with E-state index in [1.54, 1.807) is 12.1 Å². The van der Waals surface area contributed by atoms with E-state index < -0.39 is 34.0 Å². The monoisotopic (exact) mass is 482 g/mol. The van der Waals surface area contributed by atoms with Crippen molar-refractivity contribution in [3.05, 3.63) is 57.9 Å². The first-order chi connectivity index (χ1) is 15.2. The van der Waals surface area contributed by atoms with Gasteiger partial charge in [0.2, 0.25) is 10.0 Å². The van der Waals surface area contributed by atoms with Crippen LogP contribution >= 0.6 is 11.6 Å². The van der Waals surface area contributed by atoms with E-state index in [-0.39, 0.29) is 22.0 Å². The number of nitrogens with zero attached hydrogens (tertiary/aromatic N) is 3. The number of halogens is 2. The van der Waals surface area contributed by atoms with Gasteiger partial charge in [-0.15, -0.1) is 0 Å². The molecule has 2 N–H and O–H groups in total.